The molecule has 0 bridgehead atoms. The van der Waals surface area contributed by atoms with Crippen LogP contribution in [0.1, 0.15) is 24.6 Å². The van der Waals surface area contributed by atoms with Crippen molar-refractivity contribution in [2.75, 3.05) is 18.1 Å². The molecule has 1 aromatic heterocycles. The highest BCUT2D eigenvalue weighted by Gasteiger charge is 2.10. The quantitative estimate of drug-likeness (QED) is 0.287. The van der Waals surface area contributed by atoms with Crippen LogP contribution in [0.25, 0.3) is 11.1 Å². The highest BCUT2D eigenvalue weighted by molar-refractivity contribution is 7.99. The van der Waals surface area contributed by atoms with E-state index in [1.165, 1.54) is 17.7 Å². The third-order valence-electron chi connectivity index (χ3n) is 5.35. The van der Waals surface area contributed by atoms with E-state index in [4.69, 9.17) is 5.11 Å². The predicted octanol–water partition coefficient (Wildman–Crippen LogP) is 4.57. The van der Waals surface area contributed by atoms with Gasteiger partial charge >= 0.3 is 0 Å². The van der Waals surface area contributed by atoms with Crippen LogP contribution in [0.3, 0.4) is 0 Å². The molecule has 0 saturated heterocycles. The zero-order chi connectivity index (χ0) is 24.5. The number of aliphatic hydroxyl groups is 2. The summed E-state index contributed by atoms with van der Waals surface area (Å²) in [5.41, 5.74) is 3.38. The summed E-state index contributed by atoms with van der Waals surface area (Å²) in [5, 5.41) is 26.4. The third kappa shape index (κ3) is 7.72. The highest BCUT2D eigenvalue weighted by atomic mass is 32.2. The zero-order valence-corrected chi connectivity index (χ0v) is 19.7. The summed E-state index contributed by atoms with van der Waals surface area (Å²) in [5.74, 6) is -1.03. The van der Waals surface area contributed by atoms with E-state index in [0.717, 1.165) is 30.0 Å². The van der Waals surface area contributed by atoms with Crippen molar-refractivity contribution in [2.24, 2.45) is 0 Å². The van der Waals surface area contributed by atoms with Gasteiger partial charge in [0.25, 0.3) is 0 Å². The van der Waals surface area contributed by atoms with Crippen LogP contribution in [0.2, 0.25) is 0 Å². The minimum absolute atomic E-state index is 0.223. The molecule has 0 saturated carbocycles. The molecule has 182 valence electrons. The monoisotopic (exact) mass is 491 g/mol. The standard InChI is InChI=1S/C25H28F3N3O2S/c1-17(9-11-34-16-22(33)15-32)8-10-31-14-21(29-30-31)6-4-18-2-3-19(12-24(18)27)20-5-7-23(26)25(28)13-20/h2-3,5,7,9,12-14,22,32-33H,4,6,8,10-11,15-16H2,1H3/b17-9+/t22-/m1/s1. The van der Waals surface area contributed by atoms with Gasteiger partial charge in [-0.05, 0) is 61.1 Å². The Morgan fingerprint density at radius 2 is 1.79 bits per heavy atom. The lowest BCUT2D eigenvalue weighted by Gasteiger charge is -2.07. The first-order chi connectivity index (χ1) is 16.4. The molecule has 0 amide bonds. The molecule has 0 fully saturated rings. The number of thioether (sulfide) groups is 1. The molecule has 0 radical (unpaired) electrons. The lowest BCUT2D eigenvalue weighted by molar-refractivity contribution is 0.113. The van der Waals surface area contributed by atoms with E-state index in [1.54, 1.807) is 28.6 Å². The molecule has 2 aromatic carbocycles. The number of rotatable bonds is 12. The van der Waals surface area contributed by atoms with Gasteiger partial charge in [0.1, 0.15) is 5.82 Å². The second-order valence-electron chi connectivity index (χ2n) is 8.08. The largest absolute Gasteiger partial charge is 0.394 e. The molecule has 1 atom stereocenters. The van der Waals surface area contributed by atoms with Crippen LogP contribution >= 0.6 is 11.8 Å². The van der Waals surface area contributed by atoms with Crippen LogP contribution in [-0.4, -0.2) is 49.4 Å². The number of aliphatic hydroxyl groups excluding tert-OH is 2. The van der Waals surface area contributed by atoms with Crippen LogP contribution in [0.15, 0.2) is 54.2 Å². The van der Waals surface area contributed by atoms with Gasteiger partial charge in [-0.25, -0.2) is 13.2 Å². The van der Waals surface area contributed by atoms with E-state index in [-0.39, 0.29) is 6.61 Å². The fourth-order valence-corrected chi connectivity index (χ4v) is 4.20. The van der Waals surface area contributed by atoms with E-state index in [2.05, 4.69) is 16.4 Å². The maximum atomic E-state index is 14.6. The first kappa shape index (κ1) is 26.0. The number of nitrogens with zero attached hydrogens (tertiary/aromatic N) is 3. The number of aryl methyl sites for hydroxylation is 3. The van der Waals surface area contributed by atoms with E-state index >= 15 is 0 Å². The minimum atomic E-state index is -0.965. The van der Waals surface area contributed by atoms with Gasteiger partial charge in [0, 0.05) is 24.2 Å². The SMILES string of the molecule is C/C(=C\CSC[C@H](O)CO)CCn1cc(CCc2ccc(-c3ccc(F)c(F)c3)cc2F)nn1. The molecule has 0 unspecified atom stereocenters. The van der Waals surface area contributed by atoms with Crippen molar-refractivity contribution >= 4 is 11.8 Å². The zero-order valence-electron chi connectivity index (χ0n) is 18.9. The van der Waals surface area contributed by atoms with Crippen molar-refractivity contribution < 1.29 is 23.4 Å². The van der Waals surface area contributed by atoms with E-state index in [9.17, 15) is 18.3 Å². The van der Waals surface area contributed by atoms with Crippen LogP contribution in [0.5, 0.6) is 0 Å². The molecule has 0 spiro atoms. The number of halogens is 3. The minimum Gasteiger partial charge on any atom is -0.394 e. The Kier molecular flexibility index (Phi) is 9.74. The summed E-state index contributed by atoms with van der Waals surface area (Å²) in [4.78, 5) is 0. The molecular formula is C25H28F3N3O2S. The smallest absolute Gasteiger partial charge is 0.159 e. The van der Waals surface area contributed by atoms with Crippen LogP contribution in [-0.2, 0) is 19.4 Å². The summed E-state index contributed by atoms with van der Waals surface area (Å²) < 4.78 is 42.9. The number of benzene rings is 2. The van der Waals surface area contributed by atoms with Gasteiger partial charge in [0.05, 0.1) is 18.4 Å². The normalized spacial score (nSPS) is 12.8. The summed E-state index contributed by atoms with van der Waals surface area (Å²) in [6.45, 7) is 2.49. The first-order valence-corrected chi connectivity index (χ1v) is 12.2. The molecule has 2 N–H and O–H groups in total. The van der Waals surface area contributed by atoms with Crippen LogP contribution in [0.4, 0.5) is 13.2 Å². The average molecular weight is 492 g/mol. The Labute approximate surface area is 201 Å². The molecule has 0 aliphatic rings. The third-order valence-corrected chi connectivity index (χ3v) is 6.37. The van der Waals surface area contributed by atoms with Gasteiger partial charge in [-0.2, -0.15) is 11.8 Å². The second-order valence-corrected chi connectivity index (χ2v) is 9.16. The average Bonchev–Trinajstić information content (AvgIpc) is 3.29. The fourth-order valence-electron chi connectivity index (χ4n) is 3.28. The molecule has 9 heteroatoms. The summed E-state index contributed by atoms with van der Waals surface area (Å²) in [6.07, 6.45) is 5.05. The van der Waals surface area contributed by atoms with Gasteiger partial charge in [0.15, 0.2) is 11.6 Å². The molecular weight excluding hydrogens is 463 g/mol. The van der Waals surface area contributed by atoms with Crippen molar-refractivity contribution in [1.29, 1.82) is 0 Å². The van der Waals surface area contributed by atoms with E-state index in [1.807, 2.05) is 13.1 Å². The Morgan fingerprint density at radius 1 is 1.06 bits per heavy atom. The second kappa shape index (κ2) is 12.7. The van der Waals surface area contributed by atoms with Crippen LogP contribution in [0, 0.1) is 17.5 Å². The van der Waals surface area contributed by atoms with Gasteiger partial charge in [0.2, 0.25) is 0 Å². The van der Waals surface area contributed by atoms with Crippen LogP contribution < -0.4 is 0 Å². The molecule has 3 rings (SSSR count). The molecule has 1 heterocycles. The van der Waals surface area contributed by atoms with Gasteiger partial charge in [-0.15, -0.1) is 5.10 Å². The lowest BCUT2D eigenvalue weighted by atomic mass is 10.0. The Morgan fingerprint density at radius 3 is 2.50 bits per heavy atom. The van der Waals surface area contributed by atoms with Gasteiger partial charge < -0.3 is 10.2 Å². The summed E-state index contributed by atoms with van der Waals surface area (Å²) in [7, 11) is 0. The van der Waals surface area contributed by atoms with Crippen molar-refractivity contribution in [2.45, 2.75) is 38.8 Å². The van der Waals surface area contributed by atoms with Crippen molar-refractivity contribution in [3.8, 4) is 11.1 Å². The Bertz CT molecular complexity index is 1120. The summed E-state index contributed by atoms with van der Waals surface area (Å²) in [6, 6.07) is 8.18. The predicted molar refractivity (Wildman–Crippen MR) is 128 cm³/mol. The molecule has 34 heavy (non-hydrogen) atoms. The van der Waals surface area contributed by atoms with Crippen molar-refractivity contribution in [3.63, 3.8) is 0 Å². The molecule has 0 aliphatic carbocycles. The Balaban J connectivity index is 1.48. The van der Waals surface area contributed by atoms with E-state index in [0.29, 0.717) is 41.8 Å². The highest BCUT2D eigenvalue weighted by Crippen LogP contribution is 2.24. The number of hydrogen-bond acceptors (Lipinski definition) is 5. The topological polar surface area (TPSA) is 71.2 Å². The lowest BCUT2D eigenvalue weighted by Crippen LogP contribution is -2.14. The molecule has 3 aromatic rings. The number of aromatic nitrogens is 3. The maximum Gasteiger partial charge on any atom is 0.159 e. The first-order valence-electron chi connectivity index (χ1n) is 11.0. The van der Waals surface area contributed by atoms with Crippen molar-refractivity contribution in [3.05, 3.63) is 83.0 Å². The molecule has 0 aliphatic heterocycles. The number of hydrogen-bond donors (Lipinski definition) is 2. The fraction of sp³-hybridized carbons (Fsp3) is 0.360. The molecule has 5 nitrogen and oxygen atoms in total. The van der Waals surface area contributed by atoms with Crippen molar-refractivity contribution in [1.82, 2.24) is 15.0 Å². The van der Waals surface area contributed by atoms with Gasteiger partial charge in [-0.1, -0.05) is 35.1 Å². The van der Waals surface area contributed by atoms with E-state index < -0.39 is 23.6 Å². The maximum absolute atomic E-state index is 14.6. The number of allylic oxidation sites excluding steroid dienone is 1. The Hall–Kier alpha value is -2.62. The summed E-state index contributed by atoms with van der Waals surface area (Å²) >= 11 is 1.56. The van der Waals surface area contributed by atoms with Gasteiger partial charge in [-0.3, -0.25) is 4.68 Å².